The van der Waals surface area contributed by atoms with E-state index >= 15 is 0 Å². The monoisotopic (exact) mass is 569 g/mol. The molecule has 1 aliphatic carbocycles. The third kappa shape index (κ3) is 4.79. The van der Waals surface area contributed by atoms with Crippen molar-refractivity contribution < 1.29 is 17.6 Å². The molecule has 3 heterocycles. The molecule has 2 aromatic carbocycles. The van der Waals surface area contributed by atoms with E-state index < -0.39 is 15.8 Å². The lowest BCUT2D eigenvalue weighted by Gasteiger charge is -2.30. The second kappa shape index (κ2) is 10.1. The molecule has 1 aliphatic heterocycles. The van der Waals surface area contributed by atoms with E-state index in [1.165, 1.54) is 26.9 Å². The van der Waals surface area contributed by atoms with Crippen LogP contribution in [0.5, 0.6) is 0 Å². The van der Waals surface area contributed by atoms with Crippen molar-refractivity contribution >= 4 is 53.8 Å². The maximum Gasteiger partial charge on any atom is 0.243 e. The van der Waals surface area contributed by atoms with Crippen LogP contribution >= 0.6 is 22.7 Å². The van der Waals surface area contributed by atoms with E-state index in [-0.39, 0.29) is 29.8 Å². The van der Waals surface area contributed by atoms with E-state index in [1.54, 1.807) is 22.7 Å². The normalized spacial score (nSPS) is 18.9. The lowest BCUT2D eigenvalue weighted by Crippen LogP contribution is -2.41. The number of carbonyl (C=O) groups is 1. The first-order valence-electron chi connectivity index (χ1n) is 12.9. The molecule has 2 aliphatic rings. The summed E-state index contributed by atoms with van der Waals surface area (Å²) in [4.78, 5) is 19.7. The molecule has 1 N–H and O–H groups in total. The fourth-order valence-electron chi connectivity index (χ4n) is 5.37. The van der Waals surface area contributed by atoms with Crippen LogP contribution in [0.4, 0.5) is 9.39 Å². The molecule has 198 valence electrons. The molecule has 0 radical (unpaired) electrons. The van der Waals surface area contributed by atoms with Crippen LogP contribution in [0.3, 0.4) is 0 Å². The molecular weight excluding hydrogens is 542 g/mol. The molecule has 1 unspecified atom stereocenters. The number of halogens is 1. The van der Waals surface area contributed by atoms with Crippen LogP contribution < -0.4 is 5.32 Å². The lowest BCUT2D eigenvalue weighted by molar-refractivity contribution is -0.120. The van der Waals surface area contributed by atoms with Gasteiger partial charge in [0.1, 0.15) is 15.8 Å². The van der Waals surface area contributed by atoms with Gasteiger partial charge in [-0.2, -0.15) is 4.31 Å². The molecule has 10 heteroatoms. The highest BCUT2D eigenvalue weighted by Crippen LogP contribution is 2.47. The molecule has 0 saturated carbocycles. The Morgan fingerprint density at radius 2 is 1.79 bits per heavy atom. The van der Waals surface area contributed by atoms with Gasteiger partial charge in [-0.15, -0.1) is 22.7 Å². The number of thiophene rings is 1. The first-order chi connectivity index (χ1) is 18.3. The molecule has 0 spiro atoms. The summed E-state index contributed by atoms with van der Waals surface area (Å²) in [6.45, 7) is 2.77. The first-order valence-corrected chi connectivity index (χ1v) is 15.9. The first kappa shape index (κ1) is 25.6. The molecule has 1 amide bonds. The molecular formula is C28H28FN3O3S3. The fourth-order valence-corrected chi connectivity index (χ4v) is 9.37. The van der Waals surface area contributed by atoms with Gasteiger partial charge in [0, 0.05) is 29.4 Å². The van der Waals surface area contributed by atoms with E-state index in [4.69, 9.17) is 4.98 Å². The van der Waals surface area contributed by atoms with Crippen LogP contribution in [0.15, 0.2) is 53.4 Å². The van der Waals surface area contributed by atoms with E-state index in [0.29, 0.717) is 18.8 Å². The van der Waals surface area contributed by atoms with Gasteiger partial charge in [-0.1, -0.05) is 19.1 Å². The Morgan fingerprint density at radius 1 is 1.05 bits per heavy atom. The van der Waals surface area contributed by atoms with E-state index in [1.807, 2.05) is 18.2 Å². The predicted molar refractivity (Wildman–Crippen MR) is 151 cm³/mol. The summed E-state index contributed by atoms with van der Waals surface area (Å²) in [5.41, 5.74) is 3.33. The van der Waals surface area contributed by atoms with Crippen LogP contribution in [-0.4, -0.2) is 36.7 Å². The molecule has 6 nitrogen and oxygen atoms in total. The average Bonchev–Trinajstić information content (AvgIpc) is 3.49. The zero-order valence-electron chi connectivity index (χ0n) is 20.9. The van der Waals surface area contributed by atoms with E-state index in [2.05, 4.69) is 18.3 Å². The third-order valence-electron chi connectivity index (χ3n) is 7.53. The third-order valence-corrected chi connectivity index (χ3v) is 11.7. The molecule has 0 bridgehead atoms. The zero-order chi connectivity index (χ0) is 26.4. The Labute approximate surface area is 229 Å². The number of benzene rings is 2. The number of sulfonamides is 1. The highest BCUT2D eigenvalue weighted by Gasteiger charge is 2.34. The largest absolute Gasteiger partial charge is 0.317 e. The molecule has 4 aromatic rings. The van der Waals surface area contributed by atoms with Crippen molar-refractivity contribution in [2.75, 3.05) is 18.4 Å². The summed E-state index contributed by atoms with van der Waals surface area (Å²) in [6.07, 6.45) is 3.98. The van der Waals surface area contributed by atoms with Gasteiger partial charge in [-0.25, -0.2) is 17.8 Å². The Kier molecular flexibility index (Phi) is 6.84. The lowest BCUT2D eigenvalue weighted by atomic mass is 9.88. The van der Waals surface area contributed by atoms with Gasteiger partial charge >= 0.3 is 0 Å². The van der Waals surface area contributed by atoms with Crippen molar-refractivity contribution in [2.45, 2.75) is 43.9 Å². The van der Waals surface area contributed by atoms with Gasteiger partial charge in [-0.05, 0) is 80.0 Å². The summed E-state index contributed by atoms with van der Waals surface area (Å²) < 4.78 is 41.7. The van der Waals surface area contributed by atoms with Gasteiger partial charge < -0.3 is 5.32 Å². The number of thiazole rings is 1. The van der Waals surface area contributed by atoms with Crippen molar-refractivity contribution in [1.82, 2.24) is 9.29 Å². The smallest absolute Gasteiger partial charge is 0.243 e. The van der Waals surface area contributed by atoms with Crippen LogP contribution in [0, 0.1) is 17.7 Å². The van der Waals surface area contributed by atoms with Gasteiger partial charge in [-0.3, -0.25) is 4.79 Å². The summed E-state index contributed by atoms with van der Waals surface area (Å²) in [5, 5.41) is 5.02. The van der Waals surface area contributed by atoms with E-state index in [9.17, 15) is 17.6 Å². The second-order valence-corrected chi connectivity index (χ2v) is 14.2. The minimum Gasteiger partial charge on any atom is -0.317 e. The number of hydrogen-bond donors (Lipinski definition) is 1. The number of piperidine rings is 1. The fraction of sp³-hybridized carbons (Fsp3) is 0.357. The number of nitrogens with one attached hydrogen (secondary N) is 1. The second-order valence-electron chi connectivity index (χ2n) is 10.2. The van der Waals surface area contributed by atoms with Crippen molar-refractivity contribution in [1.29, 1.82) is 0 Å². The number of rotatable bonds is 5. The Bertz CT molecular complexity index is 1570. The summed E-state index contributed by atoms with van der Waals surface area (Å²) in [7, 11) is -3.72. The quantitative estimate of drug-likeness (QED) is 0.305. The number of aromatic nitrogens is 1. The van der Waals surface area contributed by atoms with E-state index in [0.717, 1.165) is 57.2 Å². The number of carbonyl (C=O) groups excluding carboxylic acids is 1. The van der Waals surface area contributed by atoms with Gasteiger partial charge in [0.05, 0.1) is 15.1 Å². The topological polar surface area (TPSA) is 79.4 Å². The highest BCUT2D eigenvalue weighted by atomic mass is 32.2. The number of para-hydroxylation sites is 1. The zero-order valence-corrected chi connectivity index (χ0v) is 23.4. The van der Waals surface area contributed by atoms with Gasteiger partial charge in [0.2, 0.25) is 15.9 Å². The number of amides is 1. The summed E-state index contributed by atoms with van der Waals surface area (Å²) >= 11 is 3.32. The van der Waals surface area contributed by atoms with Crippen molar-refractivity contribution in [3.8, 4) is 10.6 Å². The minimum atomic E-state index is -3.72. The van der Waals surface area contributed by atoms with Crippen molar-refractivity contribution in [3.05, 3.63) is 64.8 Å². The number of anilines is 1. The molecule has 2 aromatic heterocycles. The minimum absolute atomic E-state index is 0.0701. The SMILES string of the molecule is CC1CCc2c(sc(NC(=O)C3CCN(S(=O)(=O)c4ccc(F)cc4)CC3)c2-c2nc3ccccc3s2)C1. The molecule has 1 fully saturated rings. The number of hydrogen-bond acceptors (Lipinski definition) is 6. The maximum absolute atomic E-state index is 13.4. The number of fused-ring (bicyclic) bond motifs is 2. The van der Waals surface area contributed by atoms with Crippen LogP contribution in [0.1, 0.15) is 36.6 Å². The average molecular weight is 570 g/mol. The predicted octanol–water partition coefficient (Wildman–Crippen LogP) is 6.33. The summed E-state index contributed by atoms with van der Waals surface area (Å²) in [5.74, 6) is -0.219. The van der Waals surface area contributed by atoms with Crippen molar-refractivity contribution in [2.24, 2.45) is 11.8 Å². The number of nitrogens with zero attached hydrogens (tertiary/aromatic N) is 2. The Balaban J connectivity index is 1.22. The molecule has 1 saturated heterocycles. The standard InChI is InChI=1S/C28H28FN3O3S3/c1-17-6-11-21-24(16-17)37-28(25(21)27-30-22-4-2-3-5-23(22)36-27)31-26(33)18-12-14-32(15-13-18)38(34,35)20-9-7-19(29)8-10-20/h2-5,7-10,17-18H,6,11-16H2,1H3,(H,31,33). The summed E-state index contributed by atoms with van der Waals surface area (Å²) in [6, 6.07) is 13.0. The molecule has 38 heavy (non-hydrogen) atoms. The van der Waals surface area contributed by atoms with Crippen molar-refractivity contribution in [3.63, 3.8) is 0 Å². The maximum atomic E-state index is 13.4. The highest BCUT2D eigenvalue weighted by molar-refractivity contribution is 7.89. The van der Waals surface area contributed by atoms with Gasteiger partial charge in [0.15, 0.2) is 0 Å². The Morgan fingerprint density at radius 3 is 2.53 bits per heavy atom. The molecule has 1 atom stereocenters. The van der Waals surface area contributed by atoms with Crippen LogP contribution in [-0.2, 0) is 27.7 Å². The van der Waals surface area contributed by atoms with Gasteiger partial charge in [0.25, 0.3) is 0 Å². The van der Waals surface area contributed by atoms with Crippen LogP contribution in [0.2, 0.25) is 0 Å². The van der Waals surface area contributed by atoms with Crippen LogP contribution in [0.25, 0.3) is 20.8 Å². The Hall–Kier alpha value is -2.66. The molecule has 6 rings (SSSR count).